The number of fused-ring (bicyclic) bond motifs is 1. The van der Waals surface area contributed by atoms with E-state index in [0.717, 1.165) is 11.1 Å². The molecule has 1 aliphatic heterocycles. The molecule has 0 spiro atoms. The van der Waals surface area contributed by atoms with Crippen molar-refractivity contribution in [1.82, 2.24) is 4.90 Å². The second-order valence-electron chi connectivity index (χ2n) is 7.16. The van der Waals surface area contributed by atoms with Gasteiger partial charge in [0.25, 0.3) is 0 Å². The van der Waals surface area contributed by atoms with E-state index in [2.05, 4.69) is 0 Å². The molecule has 24 heavy (non-hydrogen) atoms. The first-order valence-electron chi connectivity index (χ1n) is 8.01. The Bertz CT molecular complexity index is 649. The van der Waals surface area contributed by atoms with Crippen LogP contribution in [-0.2, 0) is 17.7 Å². The molecule has 0 unspecified atom stereocenters. The van der Waals surface area contributed by atoms with Crippen molar-refractivity contribution in [2.24, 2.45) is 0 Å². The minimum atomic E-state index is -0.557. The molecule has 0 atom stereocenters. The molecule has 0 radical (unpaired) electrons. The Balaban J connectivity index is 2.27. The van der Waals surface area contributed by atoms with E-state index in [9.17, 15) is 14.9 Å². The number of hydrogen-bond donors (Lipinski definition) is 0. The number of carbonyl (C=O) groups is 1. The number of benzene rings is 1. The molecular weight excluding hydrogens is 312 g/mol. The number of nitro groups is 1. The van der Waals surface area contributed by atoms with Gasteiger partial charge >= 0.3 is 11.8 Å². The molecular formula is C17H24N2O5. The Labute approximate surface area is 141 Å². The molecule has 1 aliphatic rings. The summed E-state index contributed by atoms with van der Waals surface area (Å²) in [6.45, 7) is 9.93. The number of amides is 1. The zero-order valence-electron chi connectivity index (χ0n) is 14.8. The number of rotatable bonds is 3. The normalized spacial score (nSPS) is 14.3. The average molecular weight is 336 g/mol. The SMILES string of the molecule is CC(C)Oc1cc2c(cc1[N+](=O)[O-])CCN(C(=O)OC(C)(C)C)C2. The predicted molar refractivity (Wildman–Crippen MR) is 89.2 cm³/mol. The third-order valence-electron chi connectivity index (χ3n) is 3.50. The van der Waals surface area contributed by atoms with Crippen molar-refractivity contribution in [2.45, 2.75) is 59.3 Å². The van der Waals surface area contributed by atoms with Crippen LogP contribution in [0.4, 0.5) is 10.5 Å². The first kappa shape index (κ1) is 18.0. The molecule has 1 heterocycles. The number of nitro benzene ring substituents is 1. The van der Waals surface area contributed by atoms with Crippen LogP contribution in [-0.4, -0.2) is 34.2 Å². The van der Waals surface area contributed by atoms with Crippen LogP contribution in [0.3, 0.4) is 0 Å². The summed E-state index contributed by atoms with van der Waals surface area (Å²) in [4.78, 5) is 24.7. The van der Waals surface area contributed by atoms with Crippen LogP contribution in [0.15, 0.2) is 12.1 Å². The van der Waals surface area contributed by atoms with Crippen LogP contribution < -0.4 is 4.74 Å². The monoisotopic (exact) mass is 336 g/mol. The average Bonchev–Trinajstić information content (AvgIpc) is 2.43. The summed E-state index contributed by atoms with van der Waals surface area (Å²) < 4.78 is 11.0. The minimum absolute atomic E-state index is 0.0341. The van der Waals surface area contributed by atoms with Crippen LogP contribution in [0.1, 0.15) is 45.7 Å². The predicted octanol–water partition coefficient (Wildman–Crippen LogP) is 3.68. The molecule has 0 aliphatic carbocycles. The summed E-state index contributed by atoms with van der Waals surface area (Å²) in [6, 6.07) is 3.23. The van der Waals surface area contributed by atoms with Gasteiger partial charge in [-0.15, -0.1) is 0 Å². The van der Waals surface area contributed by atoms with Crippen LogP contribution in [0, 0.1) is 10.1 Å². The zero-order valence-corrected chi connectivity index (χ0v) is 14.8. The van der Waals surface area contributed by atoms with Crippen molar-refractivity contribution >= 4 is 11.8 Å². The summed E-state index contributed by atoms with van der Waals surface area (Å²) in [6.07, 6.45) is 0.00215. The van der Waals surface area contributed by atoms with E-state index in [1.807, 2.05) is 34.6 Å². The van der Waals surface area contributed by atoms with Crippen LogP contribution in [0.5, 0.6) is 5.75 Å². The molecule has 1 amide bonds. The van der Waals surface area contributed by atoms with Crippen molar-refractivity contribution in [3.63, 3.8) is 0 Å². The van der Waals surface area contributed by atoms with Gasteiger partial charge in [-0.2, -0.15) is 0 Å². The summed E-state index contributed by atoms with van der Waals surface area (Å²) in [5.74, 6) is 0.236. The van der Waals surface area contributed by atoms with Gasteiger partial charge in [0.15, 0.2) is 5.75 Å². The fourth-order valence-corrected chi connectivity index (χ4v) is 2.55. The highest BCUT2D eigenvalue weighted by Gasteiger charge is 2.28. The lowest BCUT2D eigenvalue weighted by molar-refractivity contribution is -0.386. The second-order valence-corrected chi connectivity index (χ2v) is 7.16. The maximum Gasteiger partial charge on any atom is 0.410 e. The molecule has 0 bridgehead atoms. The Morgan fingerprint density at radius 3 is 2.50 bits per heavy atom. The summed E-state index contributed by atoms with van der Waals surface area (Å²) in [7, 11) is 0. The van der Waals surface area contributed by atoms with E-state index in [-0.39, 0.29) is 23.6 Å². The highest BCUT2D eigenvalue weighted by atomic mass is 16.6. The Morgan fingerprint density at radius 1 is 1.29 bits per heavy atom. The minimum Gasteiger partial charge on any atom is -0.484 e. The third kappa shape index (κ3) is 4.37. The van der Waals surface area contributed by atoms with Gasteiger partial charge in [-0.3, -0.25) is 10.1 Å². The van der Waals surface area contributed by atoms with Gasteiger partial charge in [-0.1, -0.05) is 0 Å². The highest BCUT2D eigenvalue weighted by Crippen LogP contribution is 2.34. The van der Waals surface area contributed by atoms with Gasteiger partial charge in [0, 0.05) is 19.2 Å². The Kier molecular flexibility index (Phi) is 5.01. The molecule has 7 nitrogen and oxygen atoms in total. The van der Waals surface area contributed by atoms with E-state index in [1.54, 1.807) is 17.0 Å². The number of carbonyl (C=O) groups excluding carboxylic acids is 1. The van der Waals surface area contributed by atoms with Gasteiger partial charge in [0.2, 0.25) is 0 Å². The van der Waals surface area contributed by atoms with E-state index in [1.165, 1.54) is 0 Å². The first-order chi connectivity index (χ1) is 11.1. The van der Waals surface area contributed by atoms with E-state index >= 15 is 0 Å². The molecule has 0 saturated carbocycles. The summed E-state index contributed by atoms with van der Waals surface area (Å²) >= 11 is 0. The fourth-order valence-electron chi connectivity index (χ4n) is 2.55. The first-order valence-corrected chi connectivity index (χ1v) is 8.01. The molecule has 0 N–H and O–H groups in total. The molecule has 0 aromatic heterocycles. The lowest BCUT2D eigenvalue weighted by Gasteiger charge is -2.31. The van der Waals surface area contributed by atoms with Crippen LogP contribution >= 0.6 is 0 Å². The zero-order chi connectivity index (χ0) is 18.1. The second kappa shape index (κ2) is 6.67. The molecule has 2 rings (SSSR count). The topological polar surface area (TPSA) is 81.9 Å². The maximum atomic E-state index is 12.2. The molecule has 0 saturated heterocycles. The molecule has 1 aromatic carbocycles. The lowest BCUT2D eigenvalue weighted by Crippen LogP contribution is -2.39. The van der Waals surface area contributed by atoms with Gasteiger partial charge in [0.1, 0.15) is 5.60 Å². The number of ether oxygens (including phenoxy) is 2. The summed E-state index contributed by atoms with van der Waals surface area (Å²) in [5, 5.41) is 11.3. The maximum absolute atomic E-state index is 12.2. The van der Waals surface area contributed by atoms with Crippen molar-refractivity contribution in [1.29, 1.82) is 0 Å². The standard InChI is InChI=1S/C17H24N2O5/c1-11(2)23-15-9-13-10-18(16(20)24-17(3,4)5)7-6-12(13)8-14(15)19(21)22/h8-9,11H,6-7,10H2,1-5H3. The largest absolute Gasteiger partial charge is 0.484 e. The van der Waals surface area contributed by atoms with Crippen molar-refractivity contribution < 1.29 is 19.2 Å². The third-order valence-corrected chi connectivity index (χ3v) is 3.50. The molecule has 7 heteroatoms. The lowest BCUT2D eigenvalue weighted by atomic mass is 9.98. The molecule has 0 fully saturated rings. The van der Waals surface area contributed by atoms with Gasteiger partial charge in [-0.25, -0.2) is 4.79 Å². The summed E-state index contributed by atoms with van der Waals surface area (Å²) in [5.41, 5.74) is 1.14. The molecule has 1 aromatic rings. The number of nitrogens with zero attached hydrogens (tertiary/aromatic N) is 2. The van der Waals surface area contributed by atoms with E-state index in [4.69, 9.17) is 9.47 Å². The highest BCUT2D eigenvalue weighted by molar-refractivity contribution is 5.69. The van der Waals surface area contributed by atoms with Crippen molar-refractivity contribution in [3.05, 3.63) is 33.4 Å². The van der Waals surface area contributed by atoms with Crippen LogP contribution in [0.2, 0.25) is 0 Å². The number of hydrogen-bond acceptors (Lipinski definition) is 5. The van der Waals surface area contributed by atoms with E-state index in [0.29, 0.717) is 19.5 Å². The van der Waals surface area contributed by atoms with E-state index < -0.39 is 10.5 Å². The Hall–Kier alpha value is -2.31. The van der Waals surface area contributed by atoms with Crippen LogP contribution in [0.25, 0.3) is 0 Å². The van der Waals surface area contributed by atoms with Gasteiger partial charge in [0.05, 0.1) is 11.0 Å². The quantitative estimate of drug-likeness (QED) is 0.621. The van der Waals surface area contributed by atoms with Gasteiger partial charge in [-0.05, 0) is 58.2 Å². The molecule has 132 valence electrons. The smallest absolute Gasteiger partial charge is 0.410 e. The Morgan fingerprint density at radius 2 is 1.96 bits per heavy atom. The van der Waals surface area contributed by atoms with Gasteiger partial charge < -0.3 is 14.4 Å². The van der Waals surface area contributed by atoms with Crippen molar-refractivity contribution in [3.8, 4) is 5.75 Å². The fraction of sp³-hybridized carbons (Fsp3) is 0.588. The van der Waals surface area contributed by atoms with Crippen molar-refractivity contribution in [2.75, 3.05) is 6.54 Å².